The molecule has 3 aromatic rings. The topological polar surface area (TPSA) is 39.4 Å². The van der Waals surface area contributed by atoms with Crippen LogP contribution in [0.1, 0.15) is 11.1 Å². The monoisotopic (exact) mass is 304 g/mol. The second-order valence-electron chi connectivity index (χ2n) is 5.63. The Morgan fingerprint density at radius 1 is 0.957 bits per heavy atom. The van der Waals surface area contributed by atoms with Crippen LogP contribution in [0, 0.1) is 0 Å². The van der Waals surface area contributed by atoms with Crippen molar-refractivity contribution in [1.82, 2.24) is 0 Å². The summed E-state index contributed by atoms with van der Waals surface area (Å²) in [5.74, 6) is 1.28. The number of hydrogen-bond acceptors (Lipinski definition) is 3. The van der Waals surface area contributed by atoms with Gasteiger partial charge in [-0.2, -0.15) is 0 Å². The number of ether oxygens (including phenoxy) is 1. The standard InChI is InChI=1S/C20H16O3/c1-22-19-16-12-11-13-7-5-6-10-15(13)18(16)23-20(21)17(19)14-8-3-2-4-9-14/h2-10H,11-12H2,1H3. The average Bonchev–Trinajstić information content (AvgIpc) is 2.61. The van der Waals surface area contributed by atoms with Crippen LogP contribution in [-0.2, 0) is 12.8 Å². The first-order valence-corrected chi connectivity index (χ1v) is 7.67. The van der Waals surface area contributed by atoms with Crippen LogP contribution in [0.5, 0.6) is 5.75 Å². The van der Waals surface area contributed by atoms with Crippen LogP contribution in [0.3, 0.4) is 0 Å². The molecule has 0 spiro atoms. The molecular formula is C20H16O3. The molecule has 4 rings (SSSR count). The summed E-state index contributed by atoms with van der Waals surface area (Å²) in [5, 5.41) is 0. The first-order valence-electron chi connectivity index (χ1n) is 7.67. The molecule has 0 unspecified atom stereocenters. The Hall–Kier alpha value is -2.81. The van der Waals surface area contributed by atoms with E-state index < -0.39 is 0 Å². The van der Waals surface area contributed by atoms with E-state index in [4.69, 9.17) is 9.15 Å². The Kier molecular flexibility index (Phi) is 3.27. The number of hydrogen-bond donors (Lipinski definition) is 0. The highest BCUT2D eigenvalue weighted by molar-refractivity contribution is 5.78. The van der Waals surface area contributed by atoms with Crippen LogP contribution >= 0.6 is 0 Å². The van der Waals surface area contributed by atoms with Gasteiger partial charge in [-0.1, -0.05) is 54.6 Å². The second-order valence-corrected chi connectivity index (χ2v) is 5.63. The van der Waals surface area contributed by atoms with Crippen molar-refractivity contribution in [3.63, 3.8) is 0 Å². The van der Waals surface area contributed by atoms with Gasteiger partial charge < -0.3 is 9.15 Å². The molecular weight excluding hydrogens is 288 g/mol. The minimum absolute atomic E-state index is 0.358. The summed E-state index contributed by atoms with van der Waals surface area (Å²) in [7, 11) is 1.61. The zero-order valence-electron chi connectivity index (χ0n) is 12.8. The predicted molar refractivity (Wildman–Crippen MR) is 89.8 cm³/mol. The van der Waals surface area contributed by atoms with Gasteiger partial charge in [-0.3, -0.25) is 0 Å². The number of aryl methyl sites for hydroxylation is 1. The molecule has 1 aromatic heterocycles. The Morgan fingerprint density at radius 2 is 1.70 bits per heavy atom. The van der Waals surface area contributed by atoms with Gasteiger partial charge in [-0.05, 0) is 24.0 Å². The summed E-state index contributed by atoms with van der Waals surface area (Å²) in [5.41, 5.74) is 4.14. The van der Waals surface area contributed by atoms with Gasteiger partial charge in [0.25, 0.3) is 0 Å². The molecule has 23 heavy (non-hydrogen) atoms. The van der Waals surface area contributed by atoms with Gasteiger partial charge >= 0.3 is 5.63 Å². The third-order valence-electron chi connectivity index (χ3n) is 4.35. The Morgan fingerprint density at radius 3 is 2.48 bits per heavy atom. The van der Waals surface area contributed by atoms with Crippen molar-refractivity contribution < 1.29 is 9.15 Å². The molecule has 0 amide bonds. The van der Waals surface area contributed by atoms with Crippen LogP contribution in [-0.4, -0.2) is 7.11 Å². The number of fused-ring (bicyclic) bond motifs is 3. The van der Waals surface area contributed by atoms with Crippen molar-refractivity contribution >= 4 is 0 Å². The SMILES string of the molecule is COc1c2c(oc(=O)c1-c1ccccc1)-c1ccccc1CC2. The van der Waals surface area contributed by atoms with E-state index in [-0.39, 0.29) is 5.63 Å². The van der Waals surface area contributed by atoms with E-state index >= 15 is 0 Å². The molecule has 1 aliphatic carbocycles. The Labute approximate surface area is 134 Å². The van der Waals surface area contributed by atoms with Crippen molar-refractivity contribution in [2.45, 2.75) is 12.8 Å². The van der Waals surface area contributed by atoms with Gasteiger partial charge in [0.1, 0.15) is 17.1 Å². The lowest BCUT2D eigenvalue weighted by atomic mass is 9.88. The van der Waals surface area contributed by atoms with E-state index in [1.165, 1.54) is 5.56 Å². The highest BCUT2D eigenvalue weighted by atomic mass is 16.5. The second kappa shape index (κ2) is 5.43. The smallest absolute Gasteiger partial charge is 0.347 e. The lowest BCUT2D eigenvalue weighted by molar-refractivity contribution is 0.399. The summed E-state index contributed by atoms with van der Waals surface area (Å²) in [4.78, 5) is 12.6. The van der Waals surface area contributed by atoms with Crippen molar-refractivity contribution in [2.24, 2.45) is 0 Å². The molecule has 0 radical (unpaired) electrons. The molecule has 114 valence electrons. The molecule has 0 atom stereocenters. The van der Waals surface area contributed by atoms with Crippen molar-refractivity contribution in [3.05, 3.63) is 76.1 Å². The molecule has 0 saturated heterocycles. The van der Waals surface area contributed by atoms with Crippen LogP contribution < -0.4 is 10.4 Å². The van der Waals surface area contributed by atoms with Gasteiger partial charge in [0.05, 0.1) is 7.11 Å². The molecule has 0 fully saturated rings. The zero-order chi connectivity index (χ0) is 15.8. The average molecular weight is 304 g/mol. The van der Waals surface area contributed by atoms with Gasteiger partial charge in [0, 0.05) is 11.1 Å². The molecule has 0 bridgehead atoms. The Balaban J connectivity index is 2.03. The molecule has 3 nitrogen and oxygen atoms in total. The highest BCUT2D eigenvalue weighted by Crippen LogP contribution is 2.41. The van der Waals surface area contributed by atoms with Gasteiger partial charge in [-0.15, -0.1) is 0 Å². The molecule has 0 aliphatic heterocycles. The summed E-state index contributed by atoms with van der Waals surface area (Å²) >= 11 is 0. The number of benzene rings is 2. The molecule has 0 N–H and O–H groups in total. The predicted octanol–water partition coefficient (Wildman–Crippen LogP) is 4.08. The fraction of sp³-hybridized carbons (Fsp3) is 0.150. The van der Waals surface area contributed by atoms with Gasteiger partial charge in [0.15, 0.2) is 0 Å². The highest BCUT2D eigenvalue weighted by Gasteiger charge is 2.26. The fourth-order valence-corrected chi connectivity index (χ4v) is 3.30. The lowest BCUT2D eigenvalue weighted by Crippen LogP contribution is -2.14. The largest absolute Gasteiger partial charge is 0.495 e. The first kappa shape index (κ1) is 13.8. The van der Waals surface area contributed by atoms with Crippen LogP contribution in [0.2, 0.25) is 0 Å². The third kappa shape index (κ3) is 2.16. The maximum atomic E-state index is 12.6. The van der Waals surface area contributed by atoms with Crippen LogP contribution in [0.15, 0.2) is 63.8 Å². The molecule has 0 saturated carbocycles. The van der Waals surface area contributed by atoms with E-state index in [0.717, 1.165) is 29.5 Å². The maximum Gasteiger partial charge on any atom is 0.347 e. The molecule has 2 aromatic carbocycles. The maximum absolute atomic E-state index is 12.6. The number of rotatable bonds is 2. The third-order valence-corrected chi connectivity index (χ3v) is 4.35. The summed E-state index contributed by atoms with van der Waals surface area (Å²) in [6.45, 7) is 0. The van der Waals surface area contributed by atoms with Gasteiger partial charge in [-0.25, -0.2) is 4.79 Å². The first-order chi connectivity index (χ1) is 11.3. The Bertz CT molecular complexity index is 923. The zero-order valence-corrected chi connectivity index (χ0v) is 12.8. The van der Waals surface area contributed by atoms with Crippen molar-refractivity contribution in [2.75, 3.05) is 7.11 Å². The van der Waals surface area contributed by atoms with Gasteiger partial charge in [0.2, 0.25) is 0 Å². The molecule has 1 heterocycles. The molecule has 3 heteroatoms. The van der Waals surface area contributed by atoms with E-state index in [2.05, 4.69) is 6.07 Å². The fourth-order valence-electron chi connectivity index (χ4n) is 3.30. The minimum Gasteiger partial charge on any atom is -0.495 e. The summed E-state index contributed by atoms with van der Waals surface area (Å²) in [6, 6.07) is 17.6. The molecule has 1 aliphatic rings. The van der Waals surface area contributed by atoms with Crippen LogP contribution in [0.4, 0.5) is 0 Å². The van der Waals surface area contributed by atoms with Crippen molar-refractivity contribution in [3.8, 4) is 28.2 Å². The normalized spacial score (nSPS) is 12.4. The summed E-state index contributed by atoms with van der Waals surface area (Å²) < 4.78 is 11.4. The van der Waals surface area contributed by atoms with Crippen molar-refractivity contribution in [1.29, 1.82) is 0 Å². The minimum atomic E-state index is -0.358. The van der Waals surface area contributed by atoms with E-state index in [1.54, 1.807) is 7.11 Å². The van der Waals surface area contributed by atoms with E-state index in [0.29, 0.717) is 17.1 Å². The van der Waals surface area contributed by atoms with Crippen LogP contribution in [0.25, 0.3) is 22.5 Å². The quantitative estimate of drug-likeness (QED) is 0.716. The van der Waals surface area contributed by atoms with E-state index in [1.807, 2.05) is 48.5 Å². The lowest BCUT2D eigenvalue weighted by Gasteiger charge is -2.21. The van der Waals surface area contributed by atoms with E-state index in [9.17, 15) is 4.79 Å². The number of methoxy groups -OCH3 is 1. The summed E-state index contributed by atoms with van der Waals surface area (Å²) in [6.07, 6.45) is 1.72.